The summed E-state index contributed by atoms with van der Waals surface area (Å²) in [7, 11) is -4.30. The number of ether oxygens (including phenoxy) is 1. The van der Waals surface area contributed by atoms with Crippen molar-refractivity contribution in [3.63, 3.8) is 0 Å². The Morgan fingerprint density at radius 2 is 2.10 bits per heavy atom. The molecule has 2 saturated carbocycles. The Morgan fingerprint density at radius 1 is 1.43 bits per heavy atom. The van der Waals surface area contributed by atoms with Crippen LogP contribution in [0.4, 0.5) is 13.2 Å². The van der Waals surface area contributed by atoms with Crippen LogP contribution in [0.5, 0.6) is 0 Å². The molecule has 1 heterocycles. The van der Waals surface area contributed by atoms with Crippen LogP contribution < -0.4 is 0 Å². The highest BCUT2D eigenvalue weighted by atomic mass is 32.2. The van der Waals surface area contributed by atoms with Gasteiger partial charge in [0.05, 0.1) is 5.75 Å². The van der Waals surface area contributed by atoms with Crippen molar-refractivity contribution in [1.29, 1.82) is 0 Å². The number of alkyl halides is 3. The Hall–Kier alpha value is -1.09. The van der Waals surface area contributed by atoms with Crippen molar-refractivity contribution in [3.05, 3.63) is 12.7 Å². The van der Waals surface area contributed by atoms with E-state index in [2.05, 4.69) is 10.8 Å². The first-order valence-electron chi connectivity index (χ1n) is 6.43. The summed E-state index contributed by atoms with van der Waals surface area (Å²) in [5, 5.41) is 0. The molecular weight excluding hydrogens is 313 g/mol. The van der Waals surface area contributed by atoms with Crippen LogP contribution in [0.2, 0.25) is 0 Å². The lowest BCUT2D eigenvalue weighted by Crippen LogP contribution is -2.62. The fourth-order valence-corrected chi connectivity index (χ4v) is 5.73. The molecule has 1 aliphatic heterocycles. The Morgan fingerprint density at radius 3 is 2.67 bits per heavy atom. The first-order chi connectivity index (χ1) is 9.60. The van der Waals surface area contributed by atoms with Gasteiger partial charge in [0.25, 0.3) is 10.1 Å². The number of halogens is 3. The van der Waals surface area contributed by atoms with Gasteiger partial charge in [-0.25, -0.2) is 4.79 Å². The van der Waals surface area contributed by atoms with Crippen LogP contribution >= 0.6 is 0 Å². The number of esters is 1. The van der Waals surface area contributed by atoms with E-state index >= 15 is 0 Å². The predicted molar refractivity (Wildman–Crippen MR) is 63.4 cm³/mol. The van der Waals surface area contributed by atoms with Crippen molar-refractivity contribution < 1.29 is 35.3 Å². The molecule has 5 unspecified atom stereocenters. The number of hydrogen-bond donors (Lipinski definition) is 0. The third-order valence-electron chi connectivity index (χ3n) is 4.70. The van der Waals surface area contributed by atoms with Gasteiger partial charge in [-0.05, 0) is 18.8 Å². The van der Waals surface area contributed by atoms with Gasteiger partial charge >= 0.3 is 12.1 Å². The summed E-state index contributed by atoms with van der Waals surface area (Å²) < 4.78 is 73.1. The molecule has 2 aliphatic carbocycles. The molecule has 9 heteroatoms. The third kappa shape index (κ3) is 2.01. The van der Waals surface area contributed by atoms with Gasteiger partial charge in [-0.2, -0.15) is 21.6 Å². The zero-order valence-electron chi connectivity index (χ0n) is 10.8. The molecule has 0 aromatic rings. The van der Waals surface area contributed by atoms with E-state index in [0.29, 0.717) is 0 Å². The highest BCUT2D eigenvalue weighted by Crippen LogP contribution is 2.64. The highest BCUT2D eigenvalue weighted by molar-refractivity contribution is 7.86. The van der Waals surface area contributed by atoms with Gasteiger partial charge in [0, 0.05) is 17.9 Å². The monoisotopic (exact) mass is 326 g/mol. The second-order valence-corrected chi connectivity index (χ2v) is 7.39. The molecule has 3 rings (SSSR count). The molecular formula is C12H13F3O5S. The van der Waals surface area contributed by atoms with Gasteiger partial charge in [-0.1, -0.05) is 6.58 Å². The molecule has 118 valence electrons. The van der Waals surface area contributed by atoms with Crippen LogP contribution in [0.15, 0.2) is 12.7 Å². The maximum Gasteiger partial charge on any atom is 0.419 e. The molecule has 1 saturated heterocycles. The first kappa shape index (κ1) is 14.8. The zero-order valence-corrected chi connectivity index (χ0v) is 11.6. The number of fused-ring (bicyclic) bond motifs is 1. The summed E-state index contributed by atoms with van der Waals surface area (Å²) in [6, 6.07) is 0. The summed E-state index contributed by atoms with van der Waals surface area (Å²) in [4.78, 5) is 11.3. The molecule has 5 atom stereocenters. The third-order valence-corrected chi connectivity index (χ3v) is 6.04. The van der Waals surface area contributed by atoms with Gasteiger partial charge < -0.3 is 4.74 Å². The minimum Gasteiger partial charge on any atom is -0.459 e. The van der Waals surface area contributed by atoms with Crippen LogP contribution in [0.3, 0.4) is 0 Å². The minimum atomic E-state index is -4.77. The quantitative estimate of drug-likeness (QED) is 0.436. The number of hydrogen-bond acceptors (Lipinski definition) is 5. The Kier molecular flexibility index (Phi) is 2.98. The van der Waals surface area contributed by atoms with Crippen molar-refractivity contribution in [1.82, 2.24) is 0 Å². The van der Waals surface area contributed by atoms with E-state index in [0.717, 1.165) is 6.08 Å². The van der Waals surface area contributed by atoms with Gasteiger partial charge in [-0.15, -0.1) is 0 Å². The summed E-state index contributed by atoms with van der Waals surface area (Å²) in [5.41, 5.74) is -2.66. The zero-order chi connectivity index (χ0) is 15.6. The molecule has 0 aromatic heterocycles. The molecule has 0 N–H and O–H groups in total. The van der Waals surface area contributed by atoms with E-state index in [1.165, 1.54) is 0 Å². The molecule has 21 heavy (non-hydrogen) atoms. The first-order valence-corrected chi connectivity index (χ1v) is 8.00. The van der Waals surface area contributed by atoms with Crippen LogP contribution in [0, 0.1) is 17.8 Å². The molecule has 3 aliphatic rings. The number of rotatable bonds is 2. The average Bonchev–Trinajstić information content (AvgIpc) is 2.85. The largest absolute Gasteiger partial charge is 0.459 e. The van der Waals surface area contributed by atoms with Crippen molar-refractivity contribution in [2.45, 2.75) is 30.7 Å². The summed E-state index contributed by atoms with van der Waals surface area (Å²) >= 11 is 0. The molecule has 5 nitrogen and oxygen atoms in total. The van der Waals surface area contributed by atoms with E-state index in [9.17, 15) is 26.4 Å². The van der Waals surface area contributed by atoms with Gasteiger partial charge in [0.15, 0.2) is 5.60 Å². The van der Waals surface area contributed by atoms with Crippen LogP contribution in [-0.4, -0.2) is 38.0 Å². The lowest BCUT2D eigenvalue weighted by molar-refractivity contribution is -0.279. The lowest BCUT2D eigenvalue weighted by atomic mass is 9.75. The molecule has 0 spiro atoms. The molecule has 0 aromatic carbocycles. The average molecular weight is 326 g/mol. The van der Waals surface area contributed by atoms with Crippen molar-refractivity contribution >= 4 is 16.1 Å². The SMILES string of the molecule is C=CC(=O)OC1C2CC3C1CS(=O)(=O)OC3(C(F)(F)F)C2. The topological polar surface area (TPSA) is 69.7 Å². The van der Waals surface area contributed by atoms with Gasteiger partial charge in [0.1, 0.15) is 6.10 Å². The van der Waals surface area contributed by atoms with Gasteiger partial charge in [-0.3, -0.25) is 4.18 Å². The molecule has 2 bridgehead atoms. The fourth-order valence-electron chi connectivity index (χ4n) is 4.03. The standard InChI is InChI=1S/C12H13F3O5S/c1-2-9(16)19-10-6-3-8-7(10)5-21(17,18)20-11(8,4-6)12(13,14)15/h2,6-8,10H,1,3-5H2. The molecule has 0 radical (unpaired) electrons. The Labute approximate surface area is 119 Å². The van der Waals surface area contributed by atoms with Crippen molar-refractivity contribution in [2.75, 3.05) is 5.75 Å². The molecule has 0 amide bonds. The second-order valence-electron chi connectivity index (χ2n) is 5.77. The second kappa shape index (κ2) is 4.22. The molecule has 3 fully saturated rings. The Bertz CT molecular complexity index is 599. The fraction of sp³-hybridized carbons (Fsp3) is 0.750. The normalized spacial score (nSPS) is 43.6. The number of carbonyl (C=O) groups is 1. The highest BCUT2D eigenvalue weighted by Gasteiger charge is 2.76. The summed E-state index contributed by atoms with van der Waals surface area (Å²) in [5.74, 6) is -3.72. The summed E-state index contributed by atoms with van der Waals surface area (Å²) in [6.45, 7) is 3.23. The van der Waals surface area contributed by atoms with E-state index in [-0.39, 0.29) is 6.42 Å². The minimum absolute atomic E-state index is 0.148. The maximum absolute atomic E-state index is 13.4. The van der Waals surface area contributed by atoms with Crippen LogP contribution in [-0.2, 0) is 23.8 Å². The van der Waals surface area contributed by atoms with Gasteiger partial charge in [0.2, 0.25) is 0 Å². The predicted octanol–water partition coefficient (Wildman–Crippen LogP) is 1.40. The Balaban J connectivity index is 1.98. The van der Waals surface area contributed by atoms with Crippen LogP contribution in [0.25, 0.3) is 0 Å². The number of carbonyl (C=O) groups excluding carboxylic acids is 1. The lowest BCUT2D eigenvalue weighted by Gasteiger charge is -2.47. The summed E-state index contributed by atoms with van der Waals surface area (Å²) in [6.07, 6.45) is -5.03. The van der Waals surface area contributed by atoms with E-state index in [1.54, 1.807) is 0 Å². The van der Waals surface area contributed by atoms with Crippen molar-refractivity contribution in [2.24, 2.45) is 17.8 Å². The van der Waals surface area contributed by atoms with E-state index in [1.807, 2.05) is 0 Å². The van der Waals surface area contributed by atoms with Crippen molar-refractivity contribution in [3.8, 4) is 0 Å². The van der Waals surface area contributed by atoms with Crippen LogP contribution in [0.1, 0.15) is 12.8 Å². The van der Waals surface area contributed by atoms with E-state index in [4.69, 9.17) is 4.74 Å². The smallest absolute Gasteiger partial charge is 0.419 e. The maximum atomic E-state index is 13.4. The van der Waals surface area contributed by atoms with E-state index < -0.39 is 63.9 Å².